The second kappa shape index (κ2) is 9.62. The van der Waals surface area contributed by atoms with Gasteiger partial charge >= 0.3 is 6.03 Å². The number of fused-ring (bicyclic) bond motifs is 1. The topological polar surface area (TPSA) is 70.5 Å². The Morgan fingerprint density at radius 3 is 2.37 bits per heavy atom. The van der Waals surface area contributed by atoms with Crippen molar-refractivity contribution in [2.75, 3.05) is 36.4 Å². The number of hydrogen-bond donors (Lipinski definition) is 1. The number of amides is 2. The molecule has 1 N–H and O–H groups in total. The van der Waals surface area contributed by atoms with Crippen molar-refractivity contribution in [3.63, 3.8) is 0 Å². The highest BCUT2D eigenvalue weighted by atomic mass is 16.2. The summed E-state index contributed by atoms with van der Waals surface area (Å²) in [5.74, 6) is 0.439. The predicted molar refractivity (Wildman–Crippen MR) is 140 cm³/mol. The van der Waals surface area contributed by atoms with Gasteiger partial charge in [0, 0.05) is 31.9 Å². The molecule has 0 spiro atoms. The van der Waals surface area contributed by atoms with Gasteiger partial charge in [-0.25, -0.2) is 9.78 Å². The van der Waals surface area contributed by atoms with Crippen molar-refractivity contribution in [2.45, 2.75) is 20.4 Å². The summed E-state index contributed by atoms with van der Waals surface area (Å²) < 4.78 is 1.80. The number of para-hydroxylation sites is 2. The highest BCUT2D eigenvalue weighted by Gasteiger charge is 2.25. The van der Waals surface area contributed by atoms with Crippen molar-refractivity contribution in [3.8, 4) is 0 Å². The first-order valence-corrected chi connectivity index (χ1v) is 11.9. The van der Waals surface area contributed by atoms with Gasteiger partial charge < -0.3 is 15.1 Å². The fourth-order valence-electron chi connectivity index (χ4n) is 4.58. The van der Waals surface area contributed by atoms with Gasteiger partial charge in [0.1, 0.15) is 0 Å². The van der Waals surface area contributed by atoms with Crippen molar-refractivity contribution < 1.29 is 4.79 Å². The minimum atomic E-state index is -0.121. The van der Waals surface area contributed by atoms with Crippen LogP contribution in [0.1, 0.15) is 16.7 Å². The zero-order valence-electron chi connectivity index (χ0n) is 20.1. The third-order valence-electron chi connectivity index (χ3n) is 6.51. The summed E-state index contributed by atoms with van der Waals surface area (Å²) >= 11 is 0. The molecule has 1 fully saturated rings. The van der Waals surface area contributed by atoms with Crippen LogP contribution in [0.2, 0.25) is 0 Å². The zero-order valence-corrected chi connectivity index (χ0v) is 20.1. The number of urea groups is 1. The van der Waals surface area contributed by atoms with Crippen LogP contribution >= 0.6 is 0 Å². The lowest BCUT2D eigenvalue weighted by Gasteiger charge is -2.35. The first-order valence-electron chi connectivity index (χ1n) is 11.9. The summed E-state index contributed by atoms with van der Waals surface area (Å²) in [4.78, 5) is 35.0. The molecule has 3 aromatic carbocycles. The first kappa shape index (κ1) is 22.7. The maximum atomic E-state index is 13.6. The maximum absolute atomic E-state index is 13.6. The van der Waals surface area contributed by atoms with Gasteiger partial charge in [0.05, 0.1) is 17.6 Å². The van der Waals surface area contributed by atoms with Crippen LogP contribution < -0.4 is 15.8 Å². The van der Waals surface area contributed by atoms with Gasteiger partial charge in [0.15, 0.2) is 5.82 Å². The van der Waals surface area contributed by atoms with E-state index in [1.165, 1.54) is 0 Å². The maximum Gasteiger partial charge on any atom is 0.321 e. The van der Waals surface area contributed by atoms with Gasteiger partial charge in [-0.3, -0.25) is 9.36 Å². The first-order chi connectivity index (χ1) is 17.0. The fraction of sp³-hybridized carbons (Fsp3) is 0.250. The highest BCUT2D eigenvalue weighted by molar-refractivity contribution is 5.90. The molecule has 0 aliphatic carbocycles. The number of aromatic nitrogens is 2. The Kier molecular flexibility index (Phi) is 6.23. The lowest BCUT2D eigenvalue weighted by atomic mass is 10.1. The van der Waals surface area contributed by atoms with Crippen LogP contribution in [0.25, 0.3) is 11.0 Å². The van der Waals surface area contributed by atoms with Crippen LogP contribution in [-0.2, 0) is 6.54 Å². The second-order valence-corrected chi connectivity index (χ2v) is 9.02. The van der Waals surface area contributed by atoms with E-state index in [4.69, 9.17) is 4.98 Å². The summed E-state index contributed by atoms with van der Waals surface area (Å²) in [6, 6.07) is 23.6. The molecule has 0 unspecified atom stereocenters. The molecular weight excluding hydrogens is 438 g/mol. The van der Waals surface area contributed by atoms with Crippen LogP contribution in [0.15, 0.2) is 77.6 Å². The van der Waals surface area contributed by atoms with Crippen LogP contribution in [0.3, 0.4) is 0 Å². The van der Waals surface area contributed by atoms with Crippen LogP contribution in [0, 0.1) is 13.8 Å². The molecule has 4 aromatic rings. The van der Waals surface area contributed by atoms with Gasteiger partial charge in [-0.2, -0.15) is 0 Å². The number of carbonyl (C=O) groups is 1. The SMILES string of the molecule is Cc1ccc(NC(=O)N2CCN(c3nc4ccccc4n(Cc4ccccc4)c3=O)CC2)c(C)c1. The molecular formula is C28H29N5O2. The number of aryl methyl sites for hydroxylation is 2. The molecule has 2 heterocycles. The number of piperazine rings is 1. The van der Waals surface area contributed by atoms with E-state index in [9.17, 15) is 9.59 Å². The minimum Gasteiger partial charge on any atom is -0.348 e. The third kappa shape index (κ3) is 4.75. The van der Waals surface area contributed by atoms with E-state index in [0.29, 0.717) is 38.5 Å². The largest absolute Gasteiger partial charge is 0.348 e. The monoisotopic (exact) mass is 467 g/mol. The average Bonchev–Trinajstić information content (AvgIpc) is 2.88. The number of hydrogen-bond acceptors (Lipinski definition) is 4. The van der Waals surface area contributed by atoms with Crippen molar-refractivity contribution in [1.29, 1.82) is 0 Å². The summed E-state index contributed by atoms with van der Waals surface area (Å²) in [5.41, 5.74) is 5.57. The molecule has 7 nitrogen and oxygen atoms in total. The Labute approximate surface area is 204 Å². The van der Waals surface area contributed by atoms with Gasteiger partial charge in [0.2, 0.25) is 0 Å². The molecule has 0 atom stereocenters. The molecule has 35 heavy (non-hydrogen) atoms. The van der Waals surface area contributed by atoms with Crippen LogP contribution in [0.4, 0.5) is 16.3 Å². The van der Waals surface area contributed by atoms with E-state index in [-0.39, 0.29) is 11.6 Å². The average molecular weight is 468 g/mol. The van der Waals surface area contributed by atoms with Crippen LogP contribution in [-0.4, -0.2) is 46.7 Å². The predicted octanol–water partition coefficient (Wildman–Crippen LogP) is 4.42. The van der Waals surface area contributed by atoms with Crippen molar-refractivity contribution in [1.82, 2.24) is 14.5 Å². The van der Waals surface area contributed by atoms with Gasteiger partial charge in [0.25, 0.3) is 5.56 Å². The van der Waals surface area contributed by atoms with Crippen molar-refractivity contribution in [2.24, 2.45) is 0 Å². The van der Waals surface area contributed by atoms with Crippen molar-refractivity contribution >= 4 is 28.6 Å². The zero-order chi connectivity index (χ0) is 24.4. The molecule has 1 aliphatic heterocycles. The molecule has 0 bridgehead atoms. The summed E-state index contributed by atoms with van der Waals surface area (Å²) in [7, 11) is 0. The lowest BCUT2D eigenvalue weighted by Crippen LogP contribution is -2.51. The van der Waals surface area contributed by atoms with E-state index in [1.807, 2.05) is 85.5 Å². The summed E-state index contributed by atoms with van der Waals surface area (Å²) in [5, 5.41) is 3.02. The van der Waals surface area contributed by atoms with Gasteiger partial charge in [-0.15, -0.1) is 0 Å². The number of rotatable bonds is 4. The molecule has 1 saturated heterocycles. The Morgan fingerprint density at radius 2 is 1.63 bits per heavy atom. The number of benzene rings is 3. The molecule has 5 rings (SSSR count). The number of nitrogens with one attached hydrogen (secondary N) is 1. The second-order valence-electron chi connectivity index (χ2n) is 9.02. The standard InChI is InChI=1S/C28H29N5O2/c1-20-12-13-23(21(2)18-20)30-28(35)32-16-14-31(15-17-32)26-27(34)33(19-22-8-4-3-5-9-22)25-11-7-6-10-24(25)29-26/h3-13,18H,14-17,19H2,1-2H3,(H,30,35). The molecule has 178 valence electrons. The Balaban J connectivity index is 1.35. The normalized spacial score (nSPS) is 13.8. The number of anilines is 2. The Bertz CT molecular complexity index is 1420. The van der Waals surface area contributed by atoms with E-state index in [0.717, 1.165) is 33.4 Å². The summed E-state index contributed by atoms with van der Waals surface area (Å²) in [6.45, 7) is 6.64. The molecule has 0 radical (unpaired) electrons. The smallest absolute Gasteiger partial charge is 0.321 e. The summed E-state index contributed by atoms with van der Waals surface area (Å²) in [6.07, 6.45) is 0. The Morgan fingerprint density at radius 1 is 0.914 bits per heavy atom. The number of nitrogens with zero attached hydrogens (tertiary/aromatic N) is 4. The fourth-order valence-corrected chi connectivity index (χ4v) is 4.58. The molecule has 1 aromatic heterocycles. The third-order valence-corrected chi connectivity index (χ3v) is 6.51. The van der Waals surface area contributed by atoms with E-state index < -0.39 is 0 Å². The van der Waals surface area contributed by atoms with E-state index in [2.05, 4.69) is 11.4 Å². The number of carbonyl (C=O) groups excluding carboxylic acids is 1. The highest BCUT2D eigenvalue weighted by Crippen LogP contribution is 2.19. The molecule has 1 aliphatic rings. The quantitative estimate of drug-likeness (QED) is 0.483. The minimum absolute atomic E-state index is 0.110. The van der Waals surface area contributed by atoms with E-state index in [1.54, 1.807) is 9.47 Å². The van der Waals surface area contributed by atoms with Gasteiger partial charge in [-0.05, 0) is 43.2 Å². The van der Waals surface area contributed by atoms with Gasteiger partial charge in [-0.1, -0.05) is 60.2 Å². The van der Waals surface area contributed by atoms with Crippen LogP contribution in [0.5, 0.6) is 0 Å². The van der Waals surface area contributed by atoms with Crippen molar-refractivity contribution in [3.05, 3.63) is 99.8 Å². The molecule has 2 amide bonds. The molecule has 7 heteroatoms. The molecule has 0 saturated carbocycles. The Hall–Kier alpha value is -4.13. The lowest BCUT2D eigenvalue weighted by molar-refractivity contribution is 0.208. The van der Waals surface area contributed by atoms with E-state index >= 15 is 0 Å².